The first-order valence-electron chi connectivity index (χ1n) is 7.10. The van der Waals surface area contributed by atoms with Crippen molar-refractivity contribution in [1.82, 2.24) is 4.98 Å². The Bertz CT molecular complexity index is 715. The summed E-state index contributed by atoms with van der Waals surface area (Å²) in [5.74, 6) is -1.52. The van der Waals surface area contributed by atoms with Crippen LogP contribution >= 0.6 is 11.8 Å². The van der Waals surface area contributed by atoms with E-state index in [1.54, 1.807) is 24.2 Å². The van der Waals surface area contributed by atoms with Crippen LogP contribution in [0.5, 0.6) is 0 Å². The number of amides is 1. The van der Waals surface area contributed by atoms with E-state index in [0.29, 0.717) is 13.2 Å². The van der Waals surface area contributed by atoms with Crippen molar-refractivity contribution in [3.63, 3.8) is 0 Å². The summed E-state index contributed by atoms with van der Waals surface area (Å²) in [5, 5.41) is 2.84. The second kappa shape index (κ2) is 5.39. The molecule has 5 nitrogen and oxygen atoms in total. The fraction of sp³-hybridized carbons (Fsp3) is 0.250. The maximum atomic E-state index is 12.3. The maximum absolute atomic E-state index is 12.3. The normalized spacial score (nSPS) is 19.0. The van der Waals surface area contributed by atoms with Gasteiger partial charge in [-0.2, -0.15) is 0 Å². The molecule has 0 saturated carbocycles. The number of hydrogen-bond acceptors (Lipinski definition) is 5. The molecule has 0 radical (unpaired) electrons. The number of aromatic nitrogens is 1. The second-order valence-electron chi connectivity index (χ2n) is 5.11. The minimum Gasteiger partial charge on any atom is -0.338 e. The predicted molar refractivity (Wildman–Crippen MR) is 81.6 cm³/mol. The molecule has 2 aliphatic rings. The van der Waals surface area contributed by atoms with Gasteiger partial charge in [0.25, 0.3) is 11.7 Å². The smallest absolute Gasteiger partial charge is 0.289 e. The van der Waals surface area contributed by atoms with Gasteiger partial charge in [0.2, 0.25) is 0 Å². The van der Waals surface area contributed by atoms with Crippen molar-refractivity contribution in [2.75, 3.05) is 18.5 Å². The van der Waals surface area contributed by atoms with Crippen molar-refractivity contribution < 1.29 is 14.3 Å². The Labute approximate surface area is 132 Å². The van der Waals surface area contributed by atoms with Gasteiger partial charge in [-0.1, -0.05) is 11.8 Å². The highest BCUT2D eigenvalue weighted by molar-refractivity contribution is 7.99. The minimum atomic E-state index is -1.28. The minimum absolute atomic E-state index is 0.242. The van der Waals surface area contributed by atoms with Gasteiger partial charge in [-0.15, -0.1) is 0 Å². The van der Waals surface area contributed by atoms with E-state index < -0.39 is 5.79 Å². The number of pyridine rings is 1. The topological polar surface area (TPSA) is 60.5 Å². The molecule has 0 unspecified atom stereocenters. The molecule has 0 bridgehead atoms. The number of nitrogens with one attached hydrogen (secondary N) is 1. The highest BCUT2D eigenvalue weighted by atomic mass is 32.2. The lowest BCUT2D eigenvalue weighted by molar-refractivity contribution is -0.255. The average molecular weight is 314 g/mol. The number of benzene rings is 1. The van der Waals surface area contributed by atoms with Crippen LogP contribution in [0.25, 0.3) is 0 Å². The van der Waals surface area contributed by atoms with Crippen LogP contribution in [0.4, 0.5) is 5.69 Å². The van der Waals surface area contributed by atoms with Crippen molar-refractivity contribution in [2.45, 2.75) is 22.0 Å². The predicted octanol–water partition coefficient (Wildman–Crippen LogP) is 2.77. The van der Waals surface area contributed by atoms with Gasteiger partial charge in [0, 0.05) is 27.7 Å². The molecule has 112 valence electrons. The van der Waals surface area contributed by atoms with Gasteiger partial charge in [0.1, 0.15) is 0 Å². The lowest BCUT2D eigenvalue weighted by Gasteiger charge is -2.31. The van der Waals surface area contributed by atoms with E-state index in [4.69, 9.17) is 9.47 Å². The summed E-state index contributed by atoms with van der Waals surface area (Å²) in [6.45, 7) is 1.04. The summed E-state index contributed by atoms with van der Waals surface area (Å²) in [4.78, 5) is 18.4. The molecule has 2 aliphatic heterocycles. The summed E-state index contributed by atoms with van der Waals surface area (Å²) in [6.07, 6.45) is 4.32. The van der Waals surface area contributed by atoms with Crippen LogP contribution in [0.3, 0.4) is 0 Å². The van der Waals surface area contributed by atoms with E-state index in [0.717, 1.165) is 27.5 Å². The molecule has 22 heavy (non-hydrogen) atoms. The molecule has 1 spiro atoms. The Balaban J connectivity index is 1.70. The van der Waals surface area contributed by atoms with E-state index in [-0.39, 0.29) is 5.91 Å². The van der Waals surface area contributed by atoms with Crippen LogP contribution in [-0.4, -0.2) is 24.1 Å². The molecule has 0 aliphatic carbocycles. The van der Waals surface area contributed by atoms with Crippen LogP contribution in [0.1, 0.15) is 12.0 Å². The number of fused-ring (bicyclic) bond motifs is 2. The molecule has 6 heteroatoms. The highest BCUT2D eigenvalue weighted by Crippen LogP contribution is 2.43. The molecule has 1 N–H and O–H groups in total. The highest BCUT2D eigenvalue weighted by Gasteiger charge is 2.51. The largest absolute Gasteiger partial charge is 0.338 e. The Morgan fingerprint density at radius 3 is 2.64 bits per heavy atom. The summed E-state index contributed by atoms with van der Waals surface area (Å²) >= 11 is 1.61. The van der Waals surface area contributed by atoms with Crippen molar-refractivity contribution in [3.8, 4) is 0 Å². The summed E-state index contributed by atoms with van der Waals surface area (Å²) < 4.78 is 11.4. The Morgan fingerprint density at radius 1 is 1.09 bits per heavy atom. The molecule has 1 amide bonds. The third kappa shape index (κ3) is 2.20. The average Bonchev–Trinajstić information content (AvgIpc) is 2.82. The molecule has 4 rings (SSSR count). The SMILES string of the molecule is O=C1Nc2ccc(Sc3ccncc3)cc2C12OCCCO2. The quantitative estimate of drug-likeness (QED) is 0.923. The van der Waals surface area contributed by atoms with Crippen LogP contribution in [0, 0.1) is 0 Å². The molecule has 0 atom stereocenters. The zero-order valence-corrected chi connectivity index (χ0v) is 12.6. The molecular weight excluding hydrogens is 300 g/mol. The van der Waals surface area contributed by atoms with Crippen molar-refractivity contribution in [3.05, 3.63) is 48.3 Å². The summed E-state index contributed by atoms with van der Waals surface area (Å²) in [7, 11) is 0. The fourth-order valence-electron chi connectivity index (χ4n) is 2.66. The number of hydrogen-bond donors (Lipinski definition) is 1. The van der Waals surface area contributed by atoms with Gasteiger partial charge in [0.15, 0.2) is 0 Å². The number of nitrogens with zero attached hydrogens (tertiary/aromatic N) is 1. The first-order chi connectivity index (χ1) is 10.8. The Morgan fingerprint density at radius 2 is 1.86 bits per heavy atom. The van der Waals surface area contributed by atoms with E-state index in [9.17, 15) is 4.79 Å². The molecular formula is C16H14N2O3S. The lowest BCUT2D eigenvalue weighted by Crippen LogP contribution is -2.43. The van der Waals surface area contributed by atoms with Gasteiger partial charge in [-0.05, 0) is 36.8 Å². The van der Waals surface area contributed by atoms with Gasteiger partial charge < -0.3 is 14.8 Å². The van der Waals surface area contributed by atoms with E-state index in [1.165, 1.54) is 0 Å². The Hall–Kier alpha value is -1.89. The number of carbonyl (C=O) groups excluding carboxylic acids is 1. The lowest BCUT2D eigenvalue weighted by atomic mass is 10.1. The van der Waals surface area contributed by atoms with Crippen LogP contribution in [-0.2, 0) is 20.1 Å². The van der Waals surface area contributed by atoms with E-state index in [1.807, 2.05) is 30.3 Å². The van der Waals surface area contributed by atoms with Gasteiger partial charge >= 0.3 is 0 Å². The number of ether oxygens (including phenoxy) is 2. The zero-order chi connectivity index (χ0) is 15.0. The van der Waals surface area contributed by atoms with Crippen molar-refractivity contribution >= 4 is 23.4 Å². The van der Waals surface area contributed by atoms with Gasteiger partial charge in [-0.3, -0.25) is 9.78 Å². The number of carbonyl (C=O) groups is 1. The standard InChI is InChI=1S/C16H14N2O3S/c19-15-16(20-8-1-9-21-16)13-10-12(2-3-14(13)18-15)22-11-4-6-17-7-5-11/h2-7,10H,1,8-9H2,(H,18,19). The number of rotatable bonds is 2. The monoisotopic (exact) mass is 314 g/mol. The fourth-order valence-corrected chi connectivity index (χ4v) is 3.50. The third-order valence-corrected chi connectivity index (χ3v) is 4.68. The second-order valence-corrected chi connectivity index (χ2v) is 6.26. The molecule has 1 aromatic heterocycles. The van der Waals surface area contributed by atoms with E-state index in [2.05, 4.69) is 10.3 Å². The van der Waals surface area contributed by atoms with Crippen LogP contribution in [0.15, 0.2) is 52.5 Å². The van der Waals surface area contributed by atoms with Crippen LogP contribution < -0.4 is 5.32 Å². The molecule has 1 fully saturated rings. The van der Waals surface area contributed by atoms with Crippen LogP contribution in [0.2, 0.25) is 0 Å². The third-order valence-electron chi connectivity index (χ3n) is 3.68. The maximum Gasteiger partial charge on any atom is 0.289 e. The Kier molecular flexibility index (Phi) is 3.37. The van der Waals surface area contributed by atoms with E-state index >= 15 is 0 Å². The first kappa shape index (κ1) is 13.8. The number of anilines is 1. The van der Waals surface area contributed by atoms with Crippen molar-refractivity contribution in [1.29, 1.82) is 0 Å². The van der Waals surface area contributed by atoms with Crippen molar-refractivity contribution in [2.24, 2.45) is 0 Å². The zero-order valence-electron chi connectivity index (χ0n) is 11.7. The molecule has 3 heterocycles. The molecule has 1 aromatic carbocycles. The first-order valence-corrected chi connectivity index (χ1v) is 7.91. The van der Waals surface area contributed by atoms with Gasteiger partial charge in [0.05, 0.1) is 18.9 Å². The summed E-state index contributed by atoms with van der Waals surface area (Å²) in [5.41, 5.74) is 1.52. The van der Waals surface area contributed by atoms with Gasteiger partial charge in [-0.25, -0.2) is 0 Å². The molecule has 1 saturated heterocycles. The molecule has 2 aromatic rings. The summed E-state index contributed by atoms with van der Waals surface area (Å²) in [6, 6.07) is 9.73.